The molecular weight excluding hydrogens is 364 g/mol. The van der Waals surface area contributed by atoms with Gasteiger partial charge in [0.05, 0.1) is 6.61 Å². The van der Waals surface area contributed by atoms with Crippen molar-refractivity contribution in [3.63, 3.8) is 0 Å². The van der Waals surface area contributed by atoms with E-state index in [1.807, 2.05) is 6.92 Å². The molecule has 3 heteroatoms. The molecule has 0 bridgehead atoms. The van der Waals surface area contributed by atoms with Crippen LogP contribution in [0.3, 0.4) is 0 Å². The molecule has 0 fully saturated rings. The number of thioether (sulfide) groups is 1. The summed E-state index contributed by atoms with van der Waals surface area (Å²) in [5.41, 5.74) is 0. The number of ether oxygens (including phenoxy) is 1. The molecule has 0 aliphatic heterocycles. The van der Waals surface area contributed by atoms with E-state index in [2.05, 4.69) is 18.7 Å². The first-order chi connectivity index (χ1) is 13.8. The molecule has 2 nitrogen and oxygen atoms in total. The van der Waals surface area contributed by atoms with E-state index in [1.54, 1.807) is 0 Å². The van der Waals surface area contributed by atoms with Crippen molar-refractivity contribution in [1.29, 1.82) is 0 Å². The molecule has 0 radical (unpaired) electrons. The molecule has 0 rings (SSSR count). The van der Waals surface area contributed by atoms with Crippen molar-refractivity contribution in [2.45, 2.75) is 136 Å². The minimum atomic E-state index is -0.0298. The average Bonchev–Trinajstić information content (AvgIpc) is 2.69. The molecule has 0 spiro atoms. The lowest BCUT2D eigenvalue weighted by Crippen LogP contribution is -2.03. The smallest absolute Gasteiger partial charge is 0.305 e. The predicted octanol–water partition coefficient (Wildman–Crippen LogP) is 8.71. The fourth-order valence-corrected chi connectivity index (χ4v) is 4.58. The Kier molecular flexibility index (Phi) is 24.7. The Morgan fingerprint density at radius 3 is 1.39 bits per heavy atom. The summed E-state index contributed by atoms with van der Waals surface area (Å²) in [6.07, 6.45) is 25.3. The van der Waals surface area contributed by atoms with Crippen LogP contribution in [0, 0.1) is 0 Å². The zero-order valence-electron chi connectivity index (χ0n) is 19.3. The molecule has 168 valence electrons. The number of rotatable bonds is 23. The van der Waals surface area contributed by atoms with Crippen LogP contribution in [0.2, 0.25) is 0 Å². The first kappa shape index (κ1) is 27.8. The molecule has 0 N–H and O–H groups in total. The van der Waals surface area contributed by atoms with Gasteiger partial charge in [0.25, 0.3) is 0 Å². The number of carbonyl (C=O) groups is 1. The molecule has 0 heterocycles. The zero-order chi connectivity index (χ0) is 20.5. The molecule has 0 aromatic carbocycles. The van der Waals surface area contributed by atoms with Gasteiger partial charge in [0.1, 0.15) is 0 Å². The highest BCUT2D eigenvalue weighted by Gasteiger charge is 2.00. The van der Waals surface area contributed by atoms with Crippen molar-refractivity contribution in [2.24, 2.45) is 0 Å². The lowest BCUT2D eigenvalue weighted by molar-refractivity contribution is -0.143. The molecule has 0 amide bonds. The Bertz CT molecular complexity index is 307. The van der Waals surface area contributed by atoms with Crippen molar-refractivity contribution in [3.05, 3.63) is 0 Å². The van der Waals surface area contributed by atoms with Gasteiger partial charge in [-0.25, -0.2) is 0 Å². The van der Waals surface area contributed by atoms with E-state index >= 15 is 0 Å². The number of carbonyl (C=O) groups excluding carboxylic acids is 1. The van der Waals surface area contributed by atoms with Crippen LogP contribution in [-0.4, -0.2) is 24.1 Å². The number of esters is 1. The Morgan fingerprint density at radius 1 is 0.571 bits per heavy atom. The maximum absolute atomic E-state index is 11.2. The van der Waals surface area contributed by atoms with Crippen molar-refractivity contribution >= 4 is 17.7 Å². The molecule has 0 aromatic rings. The molecule has 0 unspecified atom stereocenters. The summed E-state index contributed by atoms with van der Waals surface area (Å²) in [5, 5.41) is 0. The standard InChI is InChI=1S/C25H50O2S/c1-3-5-6-7-8-9-11-14-17-20-23-28-24-21-18-15-12-10-13-16-19-22-25(26)27-4-2/h3-24H2,1-2H3. The average molecular weight is 415 g/mol. The third kappa shape index (κ3) is 23.9. The van der Waals surface area contributed by atoms with Crippen LogP contribution in [0.1, 0.15) is 136 Å². The van der Waals surface area contributed by atoms with E-state index in [1.165, 1.54) is 121 Å². The largest absolute Gasteiger partial charge is 0.466 e. The molecule has 28 heavy (non-hydrogen) atoms. The topological polar surface area (TPSA) is 26.3 Å². The molecular formula is C25H50O2S. The minimum absolute atomic E-state index is 0.0298. The van der Waals surface area contributed by atoms with E-state index in [-0.39, 0.29) is 5.97 Å². The highest BCUT2D eigenvalue weighted by atomic mass is 32.2. The predicted molar refractivity (Wildman–Crippen MR) is 127 cm³/mol. The zero-order valence-corrected chi connectivity index (χ0v) is 20.1. The summed E-state index contributed by atoms with van der Waals surface area (Å²) in [6.45, 7) is 4.67. The highest BCUT2D eigenvalue weighted by Crippen LogP contribution is 2.15. The van der Waals surface area contributed by atoms with Gasteiger partial charge < -0.3 is 4.74 Å². The van der Waals surface area contributed by atoms with Gasteiger partial charge in [-0.3, -0.25) is 4.79 Å². The van der Waals surface area contributed by atoms with Gasteiger partial charge in [-0.05, 0) is 37.7 Å². The maximum Gasteiger partial charge on any atom is 0.305 e. The van der Waals surface area contributed by atoms with E-state index in [0.29, 0.717) is 13.0 Å². The maximum atomic E-state index is 11.2. The second-order valence-electron chi connectivity index (χ2n) is 8.18. The van der Waals surface area contributed by atoms with Gasteiger partial charge >= 0.3 is 5.97 Å². The number of unbranched alkanes of at least 4 members (excludes halogenated alkanes) is 16. The van der Waals surface area contributed by atoms with Crippen LogP contribution in [0.15, 0.2) is 0 Å². The fraction of sp³-hybridized carbons (Fsp3) is 0.960. The fourth-order valence-electron chi connectivity index (χ4n) is 3.56. The van der Waals surface area contributed by atoms with E-state index < -0.39 is 0 Å². The SMILES string of the molecule is CCCCCCCCCCCCSCCCCCCCCCCC(=O)OCC. The minimum Gasteiger partial charge on any atom is -0.466 e. The third-order valence-corrected chi connectivity index (χ3v) is 6.52. The summed E-state index contributed by atoms with van der Waals surface area (Å²) in [7, 11) is 0. The van der Waals surface area contributed by atoms with E-state index in [0.717, 1.165) is 6.42 Å². The van der Waals surface area contributed by atoms with Crippen LogP contribution in [0.4, 0.5) is 0 Å². The van der Waals surface area contributed by atoms with Crippen molar-refractivity contribution in [3.8, 4) is 0 Å². The molecule has 0 atom stereocenters. The van der Waals surface area contributed by atoms with Gasteiger partial charge in [0.2, 0.25) is 0 Å². The third-order valence-electron chi connectivity index (χ3n) is 5.37. The Morgan fingerprint density at radius 2 is 0.964 bits per heavy atom. The lowest BCUT2D eigenvalue weighted by atomic mass is 10.1. The van der Waals surface area contributed by atoms with Gasteiger partial charge in [-0.15, -0.1) is 0 Å². The highest BCUT2D eigenvalue weighted by molar-refractivity contribution is 7.99. The summed E-state index contributed by atoms with van der Waals surface area (Å²) in [6, 6.07) is 0. The second-order valence-corrected chi connectivity index (χ2v) is 9.40. The second kappa shape index (κ2) is 24.9. The molecule has 0 saturated carbocycles. The van der Waals surface area contributed by atoms with Gasteiger partial charge in [-0.1, -0.05) is 103 Å². The quantitative estimate of drug-likeness (QED) is 0.123. The van der Waals surface area contributed by atoms with Crippen LogP contribution in [0.5, 0.6) is 0 Å². The van der Waals surface area contributed by atoms with Crippen molar-refractivity contribution in [1.82, 2.24) is 0 Å². The Labute approximate surface area is 181 Å². The number of hydrogen-bond acceptors (Lipinski definition) is 3. The first-order valence-electron chi connectivity index (χ1n) is 12.5. The molecule has 0 saturated heterocycles. The van der Waals surface area contributed by atoms with E-state index in [4.69, 9.17) is 4.74 Å². The molecule has 0 aliphatic carbocycles. The normalized spacial score (nSPS) is 11.1. The summed E-state index contributed by atoms with van der Waals surface area (Å²) >= 11 is 2.17. The number of hydrogen-bond donors (Lipinski definition) is 0. The Balaban J connectivity index is 3.02. The molecule has 0 aromatic heterocycles. The van der Waals surface area contributed by atoms with Gasteiger partial charge in [-0.2, -0.15) is 11.8 Å². The van der Waals surface area contributed by atoms with E-state index in [9.17, 15) is 4.79 Å². The first-order valence-corrected chi connectivity index (χ1v) is 13.7. The molecule has 0 aliphatic rings. The summed E-state index contributed by atoms with van der Waals surface area (Å²) in [5.74, 6) is 2.70. The van der Waals surface area contributed by atoms with Crippen LogP contribution >= 0.6 is 11.8 Å². The van der Waals surface area contributed by atoms with Crippen molar-refractivity contribution in [2.75, 3.05) is 18.1 Å². The van der Waals surface area contributed by atoms with Crippen LogP contribution in [0.25, 0.3) is 0 Å². The van der Waals surface area contributed by atoms with Crippen molar-refractivity contribution < 1.29 is 9.53 Å². The summed E-state index contributed by atoms with van der Waals surface area (Å²) in [4.78, 5) is 11.2. The van der Waals surface area contributed by atoms with Gasteiger partial charge in [0.15, 0.2) is 0 Å². The van der Waals surface area contributed by atoms with Crippen LogP contribution in [-0.2, 0) is 9.53 Å². The summed E-state index contributed by atoms with van der Waals surface area (Å²) < 4.78 is 4.94. The van der Waals surface area contributed by atoms with Crippen LogP contribution < -0.4 is 0 Å². The monoisotopic (exact) mass is 414 g/mol. The Hall–Kier alpha value is -0.180. The van der Waals surface area contributed by atoms with Gasteiger partial charge in [0, 0.05) is 6.42 Å². The lowest BCUT2D eigenvalue weighted by Gasteiger charge is -2.04.